The highest BCUT2D eigenvalue weighted by Crippen LogP contribution is 2.24. The number of carboxylic acid groups (broad SMARTS) is 1. The minimum atomic E-state index is -1.21. The second kappa shape index (κ2) is 6.44. The normalized spacial score (nSPS) is 15.1. The molecular formula is C15H17IN4O3. The molecule has 2 aromatic rings. The number of halogens is 1. The van der Waals surface area contributed by atoms with Crippen molar-refractivity contribution in [2.45, 2.75) is 13.5 Å². The van der Waals surface area contributed by atoms with Gasteiger partial charge >= 0.3 is 5.97 Å². The number of carbonyl (C=O) groups is 1. The van der Waals surface area contributed by atoms with Crippen LogP contribution in [0.3, 0.4) is 0 Å². The second-order valence-corrected chi connectivity index (χ2v) is 6.53. The van der Waals surface area contributed by atoms with Crippen molar-refractivity contribution in [2.24, 2.45) is 0 Å². The Bertz CT molecular complexity index is 828. The number of anilines is 1. The van der Waals surface area contributed by atoms with Crippen LogP contribution in [0.1, 0.15) is 17.3 Å². The molecule has 2 aromatic heterocycles. The zero-order chi connectivity index (χ0) is 16.6. The van der Waals surface area contributed by atoms with E-state index in [2.05, 4.69) is 32.8 Å². The third-order valence-corrected chi connectivity index (χ3v) is 4.77. The van der Waals surface area contributed by atoms with E-state index >= 15 is 0 Å². The monoisotopic (exact) mass is 428 g/mol. The predicted octanol–water partition coefficient (Wildman–Crippen LogP) is 1.13. The minimum Gasteiger partial charge on any atom is -0.477 e. The van der Waals surface area contributed by atoms with Crippen LogP contribution in [0, 0.1) is 3.57 Å². The Morgan fingerprint density at radius 2 is 2.13 bits per heavy atom. The fourth-order valence-electron chi connectivity index (χ4n) is 2.77. The van der Waals surface area contributed by atoms with Crippen molar-refractivity contribution < 1.29 is 9.90 Å². The van der Waals surface area contributed by atoms with Crippen LogP contribution >= 0.6 is 22.6 Å². The van der Waals surface area contributed by atoms with E-state index in [-0.39, 0.29) is 5.56 Å². The molecule has 0 amide bonds. The van der Waals surface area contributed by atoms with E-state index in [0.717, 1.165) is 35.6 Å². The highest BCUT2D eigenvalue weighted by Gasteiger charge is 2.20. The first kappa shape index (κ1) is 16.2. The van der Waals surface area contributed by atoms with Crippen LogP contribution < -0.4 is 15.6 Å². The van der Waals surface area contributed by atoms with E-state index in [1.807, 2.05) is 6.92 Å². The topological polar surface area (TPSA) is 87.5 Å². The SMILES string of the molecule is CCn1cc(C(=O)O)c(=O)c2cc(I)c(N3CCNCC3)nc21. The number of aromatic carboxylic acids is 1. The van der Waals surface area contributed by atoms with Gasteiger partial charge in [-0.15, -0.1) is 0 Å². The molecule has 2 N–H and O–H groups in total. The Morgan fingerprint density at radius 3 is 2.74 bits per heavy atom. The number of nitrogens with one attached hydrogen (secondary N) is 1. The van der Waals surface area contributed by atoms with Gasteiger partial charge in [-0.05, 0) is 35.6 Å². The predicted molar refractivity (Wildman–Crippen MR) is 96.4 cm³/mol. The summed E-state index contributed by atoms with van der Waals surface area (Å²) < 4.78 is 2.58. The summed E-state index contributed by atoms with van der Waals surface area (Å²) in [6.07, 6.45) is 1.38. The van der Waals surface area contributed by atoms with Crippen LogP contribution in [0.15, 0.2) is 17.1 Å². The Labute approximate surface area is 146 Å². The van der Waals surface area contributed by atoms with Crippen molar-refractivity contribution in [3.63, 3.8) is 0 Å². The average Bonchev–Trinajstić information content (AvgIpc) is 2.55. The molecular weight excluding hydrogens is 411 g/mol. The van der Waals surface area contributed by atoms with Crippen LogP contribution in [0.25, 0.3) is 11.0 Å². The summed E-state index contributed by atoms with van der Waals surface area (Å²) in [6.45, 7) is 5.96. The fraction of sp³-hybridized carbons (Fsp3) is 0.400. The molecule has 0 bridgehead atoms. The minimum absolute atomic E-state index is 0.216. The quantitative estimate of drug-likeness (QED) is 0.713. The van der Waals surface area contributed by atoms with Gasteiger partial charge in [-0.3, -0.25) is 4.79 Å². The van der Waals surface area contributed by atoms with Crippen LogP contribution in [0.5, 0.6) is 0 Å². The lowest BCUT2D eigenvalue weighted by Gasteiger charge is -2.29. The van der Waals surface area contributed by atoms with Crippen molar-refractivity contribution in [1.29, 1.82) is 0 Å². The number of carboxylic acids is 1. The zero-order valence-corrected chi connectivity index (χ0v) is 14.8. The van der Waals surface area contributed by atoms with E-state index in [1.165, 1.54) is 6.20 Å². The summed E-state index contributed by atoms with van der Waals surface area (Å²) in [4.78, 5) is 30.6. The first-order valence-corrected chi connectivity index (χ1v) is 8.53. The molecule has 1 aliphatic rings. The van der Waals surface area contributed by atoms with Gasteiger partial charge in [0.05, 0.1) is 8.96 Å². The van der Waals surface area contributed by atoms with Gasteiger partial charge in [0.25, 0.3) is 0 Å². The number of pyridine rings is 2. The zero-order valence-electron chi connectivity index (χ0n) is 12.7. The van der Waals surface area contributed by atoms with Gasteiger partial charge in [0.1, 0.15) is 17.0 Å². The summed E-state index contributed by atoms with van der Waals surface area (Å²) in [6, 6.07) is 1.75. The maximum Gasteiger partial charge on any atom is 0.341 e. The third kappa shape index (κ3) is 2.92. The molecule has 122 valence electrons. The molecule has 23 heavy (non-hydrogen) atoms. The number of aromatic nitrogens is 2. The van der Waals surface area contributed by atoms with Crippen molar-refractivity contribution in [3.8, 4) is 0 Å². The highest BCUT2D eigenvalue weighted by molar-refractivity contribution is 14.1. The fourth-order valence-corrected chi connectivity index (χ4v) is 3.54. The second-order valence-electron chi connectivity index (χ2n) is 5.37. The van der Waals surface area contributed by atoms with Gasteiger partial charge in [0, 0.05) is 38.9 Å². The molecule has 0 radical (unpaired) electrons. The van der Waals surface area contributed by atoms with E-state index in [1.54, 1.807) is 10.6 Å². The van der Waals surface area contributed by atoms with E-state index in [4.69, 9.17) is 4.98 Å². The van der Waals surface area contributed by atoms with Crippen LogP contribution in [0.2, 0.25) is 0 Å². The summed E-state index contributed by atoms with van der Waals surface area (Å²) in [5.41, 5.74) is -0.155. The summed E-state index contributed by atoms with van der Waals surface area (Å²) in [5, 5.41) is 12.9. The van der Waals surface area contributed by atoms with Crippen LogP contribution in [0.4, 0.5) is 5.82 Å². The molecule has 3 rings (SSSR count). The molecule has 0 spiro atoms. The number of hydrogen-bond acceptors (Lipinski definition) is 5. The Hall–Kier alpha value is -1.68. The van der Waals surface area contributed by atoms with E-state index in [0.29, 0.717) is 17.6 Å². The summed E-state index contributed by atoms with van der Waals surface area (Å²) in [5.74, 6) is -0.357. The van der Waals surface area contributed by atoms with Crippen molar-refractivity contribution >= 4 is 45.4 Å². The first-order valence-electron chi connectivity index (χ1n) is 7.45. The number of hydrogen-bond donors (Lipinski definition) is 2. The van der Waals surface area contributed by atoms with Crippen molar-refractivity contribution in [2.75, 3.05) is 31.1 Å². The Morgan fingerprint density at radius 1 is 1.43 bits per heavy atom. The molecule has 1 fully saturated rings. The number of piperazine rings is 1. The Balaban J connectivity index is 2.24. The maximum absolute atomic E-state index is 12.4. The molecule has 0 atom stereocenters. The number of aryl methyl sites for hydroxylation is 1. The number of fused-ring (bicyclic) bond motifs is 1. The van der Waals surface area contributed by atoms with E-state index < -0.39 is 11.4 Å². The summed E-state index contributed by atoms with van der Waals surface area (Å²) >= 11 is 2.16. The van der Waals surface area contributed by atoms with Gasteiger partial charge in [0.2, 0.25) is 5.43 Å². The summed E-state index contributed by atoms with van der Waals surface area (Å²) in [7, 11) is 0. The largest absolute Gasteiger partial charge is 0.477 e. The van der Waals surface area contributed by atoms with Gasteiger partial charge in [-0.2, -0.15) is 0 Å². The van der Waals surface area contributed by atoms with Gasteiger partial charge < -0.3 is 19.9 Å². The maximum atomic E-state index is 12.4. The van der Waals surface area contributed by atoms with E-state index in [9.17, 15) is 14.7 Å². The molecule has 0 aromatic carbocycles. The molecule has 3 heterocycles. The van der Waals surface area contributed by atoms with Gasteiger partial charge in [-0.25, -0.2) is 9.78 Å². The third-order valence-electron chi connectivity index (χ3n) is 3.97. The van der Waals surface area contributed by atoms with Crippen molar-refractivity contribution in [3.05, 3.63) is 31.6 Å². The van der Waals surface area contributed by atoms with Gasteiger partial charge in [-0.1, -0.05) is 0 Å². The lowest BCUT2D eigenvalue weighted by molar-refractivity contribution is 0.0695. The molecule has 0 aliphatic carbocycles. The highest BCUT2D eigenvalue weighted by atomic mass is 127. The van der Waals surface area contributed by atoms with Crippen LogP contribution in [-0.4, -0.2) is 46.8 Å². The number of rotatable bonds is 3. The average molecular weight is 428 g/mol. The molecule has 0 saturated carbocycles. The Kier molecular flexibility index (Phi) is 4.53. The van der Waals surface area contributed by atoms with Gasteiger partial charge in [0.15, 0.2) is 0 Å². The lowest BCUT2D eigenvalue weighted by Crippen LogP contribution is -2.44. The standard InChI is InChI=1S/C15H17IN4O3/c1-2-19-8-10(15(22)23)12(21)9-7-11(16)14(18-13(9)19)20-5-3-17-4-6-20/h7-8,17H,2-6H2,1H3,(H,22,23). The molecule has 7 nitrogen and oxygen atoms in total. The lowest BCUT2D eigenvalue weighted by atomic mass is 10.2. The molecule has 1 saturated heterocycles. The van der Waals surface area contributed by atoms with Crippen LogP contribution in [-0.2, 0) is 6.54 Å². The van der Waals surface area contributed by atoms with Crippen molar-refractivity contribution in [1.82, 2.24) is 14.9 Å². The molecule has 1 aliphatic heterocycles. The molecule has 8 heteroatoms. The number of nitrogens with zero attached hydrogens (tertiary/aromatic N) is 3. The smallest absolute Gasteiger partial charge is 0.341 e. The first-order chi connectivity index (χ1) is 11.0. The molecule has 0 unspecified atom stereocenters.